The van der Waals surface area contributed by atoms with Crippen LogP contribution in [0.4, 0.5) is 0 Å². The predicted molar refractivity (Wildman–Crippen MR) is 94.9 cm³/mol. The summed E-state index contributed by atoms with van der Waals surface area (Å²) in [6, 6.07) is 0.138. The van der Waals surface area contributed by atoms with Crippen LogP contribution in [0.15, 0.2) is 0 Å². The van der Waals surface area contributed by atoms with E-state index in [1.807, 2.05) is 48.5 Å². The molecular formula is C19H35NO4. The summed E-state index contributed by atoms with van der Waals surface area (Å²) in [6.07, 6.45) is 3.12. The van der Waals surface area contributed by atoms with E-state index in [4.69, 9.17) is 9.47 Å². The number of methoxy groups -OCH3 is 1. The van der Waals surface area contributed by atoms with Crippen LogP contribution in [0, 0.1) is 5.92 Å². The van der Waals surface area contributed by atoms with Crippen LogP contribution in [-0.4, -0.2) is 41.6 Å². The largest absolute Gasteiger partial charge is 0.459 e. The number of carbonyl (C=O) groups is 2. The second-order valence-corrected chi connectivity index (χ2v) is 8.63. The summed E-state index contributed by atoms with van der Waals surface area (Å²) in [5.74, 6) is -0.103. The third-order valence-electron chi connectivity index (χ3n) is 4.92. The quantitative estimate of drug-likeness (QED) is 0.720. The monoisotopic (exact) mass is 341 g/mol. The number of carbonyl (C=O) groups excluding carboxylic acids is 2. The van der Waals surface area contributed by atoms with Crippen molar-refractivity contribution in [3.05, 3.63) is 0 Å². The molecule has 5 heteroatoms. The molecule has 0 amide bonds. The lowest BCUT2D eigenvalue weighted by atomic mass is 9.87. The molecule has 0 aromatic rings. The highest BCUT2D eigenvalue weighted by atomic mass is 16.6. The number of esters is 1. The van der Waals surface area contributed by atoms with Gasteiger partial charge in [-0.15, -0.1) is 0 Å². The number of rotatable bonds is 7. The van der Waals surface area contributed by atoms with Crippen molar-refractivity contribution in [3.8, 4) is 0 Å². The Labute approximate surface area is 146 Å². The van der Waals surface area contributed by atoms with Crippen molar-refractivity contribution in [1.29, 1.82) is 0 Å². The van der Waals surface area contributed by atoms with Gasteiger partial charge in [0.15, 0.2) is 5.78 Å². The first kappa shape index (κ1) is 21.1. The Bertz CT molecular complexity index is 460. The molecular weight excluding hydrogens is 306 g/mol. The molecule has 0 aromatic heterocycles. The minimum atomic E-state index is -0.773. The van der Waals surface area contributed by atoms with Crippen molar-refractivity contribution in [2.45, 2.75) is 96.9 Å². The number of ether oxygens (including phenoxy) is 2. The molecule has 0 spiro atoms. The minimum Gasteiger partial charge on any atom is -0.459 e. The zero-order valence-corrected chi connectivity index (χ0v) is 16.6. The lowest BCUT2D eigenvalue weighted by molar-refractivity contribution is -0.162. The number of Topliss-reactive ketones (excluding diaryl/α,β-unsaturated/α-hetero) is 1. The molecule has 0 bridgehead atoms. The first-order chi connectivity index (χ1) is 10.8. The zero-order valence-electron chi connectivity index (χ0n) is 16.6. The summed E-state index contributed by atoms with van der Waals surface area (Å²) < 4.78 is 10.9. The molecule has 0 heterocycles. The molecule has 5 nitrogen and oxygen atoms in total. The fourth-order valence-electron chi connectivity index (χ4n) is 3.18. The SMILES string of the molecule is CCC(C)(OC)C(=O)[C@H]1CC[C@H](NC(C)(C)C(=O)OC(C)(C)C)C1. The van der Waals surface area contributed by atoms with Gasteiger partial charge in [0.25, 0.3) is 0 Å². The summed E-state index contributed by atoms with van der Waals surface area (Å²) in [5, 5.41) is 3.38. The molecule has 1 rings (SSSR count). The predicted octanol–water partition coefficient (Wildman–Crippen LogP) is 3.25. The number of hydrogen-bond acceptors (Lipinski definition) is 5. The molecule has 0 aromatic carbocycles. The van der Waals surface area contributed by atoms with E-state index in [1.165, 1.54) is 0 Å². The maximum Gasteiger partial charge on any atom is 0.326 e. The fourth-order valence-corrected chi connectivity index (χ4v) is 3.18. The number of nitrogens with one attached hydrogen (secondary N) is 1. The molecule has 1 aliphatic carbocycles. The fraction of sp³-hybridized carbons (Fsp3) is 0.895. The lowest BCUT2D eigenvalue weighted by Crippen LogP contribution is -2.53. The maximum atomic E-state index is 12.7. The van der Waals surface area contributed by atoms with Crippen LogP contribution in [0.2, 0.25) is 0 Å². The van der Waals surface area contributed by atoms with Crippen molar-refractivity contribution < 1.29 is 19.1 Å². The zero-order chi connectivity index (χ0) is 18.8. The molecule has 140 valence electrons. The van der Waals surface area contributed by atoms with Crippen LogP contribution < -0.4 is 5.32 Å². The van der Waals surface area contributed by atoms with Gasteiger partial charge in [0.05, 0.1) is 0 Å². The van der Waals surface area contributed by atoms with Gasteiger partial charge in [-0.3, -0.25) is 14.9 Å². The van der Waals surface area contributed by atoms with E-state index >= 15 is 0 Å². The van der Waals surface area contributed by atoms with Gasteiger partial charge in [-0.05, 0) is 67.2 Å². The highest BCUT2D eigenvalue weighted by Crippen LogP contribution is 2.33. The van der Waals surface area contributed by atoms with Gasteiger partial charge in [-0.2, -0.15) is 0 Å². The summed E-state index contributed by atoms with van der Waals surface area (Å²) in [5.41, 5.74) is -1.99. The molecule has 0 radical (unpaired) electrons. The highest BCUT2D eigenvalue weighted by Gasteiger charge is 2.42. The van der Waals surface area contributed by atoms with Gasteiger partial charge >= 0.3 is 5.97 Å². The Morgan fingerprint density at radius 3 is 2.12 bits per heavy atom. The minimum absolute atomic E-state index is 0.0122. The highest BCUT2D eigenvalue weighted by molar-refractivity contribution is 5.89. The smallest absolute Gasteiger partial charge is 0.326 e. The average molecular weight is 341 g/mol. The third-order valence-corrected chi connectivity index (χ3v) is 4.92. The van der Waals surface area contributed by atoms with E-state index < -0.39 is 16.7 Å². The van der Waals surface area contributed by atoms with E-state index in [1.54, 1.807) is 7.11 Å². The Morgan fingerprint density at radius 2 is 1.67 bits per heavy atom. The molecule has 1 saturated carbocycles. The van der Waals surface area contributed by atoms with E-state index in [0.29, 0.717) is 6.42 Å². The molecule has 24 heavy (non-hydrogen) atoms. The molecule has 1 fully saturated rings. The molecule has 0 aliphatic heterocycles. The summed E-state index contributed by atoms with van der Waals surface area (Å²) >= 11 is 0. The van der Waals surface area contributed by atoms with E-state index in [2.05, 4.69) is 5.32 Å². The van der Waals surface area contributed by atoms with Crippen molar-refractivity contribution in [1.82, 2.24) is 5.32 Å². The first-order valence-corrected chi connectivity index (χ1v) is 8.95. The van der Waals surface area contributed by atoms with Crippen LogP contribution in [0.5, 0.6) is 0 Å². The van der Waals surface area contributed by atoms with Crippen LogP contribution in [-0.2, 0) is 19.1 Å². The van der Waals surface area contributed by atoms with Gasteiger partial charge < -0.3 is 9.47 Å². The second-order valence-electron chi connectivity index (χ2n) is 8.63. The summed E-state index contributed by atoms with van der Waals surface area (Å²) in [6.45, 7) is 13.1. The van der Waals surface area contributed by atoms with Gasteiger partial charge in [0.2, 0.25) is 0 Å². The van der Waals surface area contributed by atoms with Crippen LogP contribution >= 0.6 is 0 Å². The van der Waals surface area contributed by atoms with E-state index in [0.717, 1.165) is 19.3 Å². The Morgan fingerprint density at radius 1 is 1.08 bits per heavy atom. The Kier molecular flexibility index (Phi) is 6.62. The van der Waals surface area contributed by atoms with E-state index in [9.17, 15) is 9.59 Å². The maximum absolute atomic E-state index is 12.7. The van der Waals surface area contributed by atoms with Gasteiger partial charge in [-0.25, -0.2) is 0 Å². The number of hydrogen-bond donors (Lipinski definition) is 1. The van der Waals surface area contributed by atoms with Gasteiger partial charge in [0, 0.05) is 19.1 Å². The Balaban J connectivity index is 2.67. The van der Waals surface area contributed by atoms with Crippen molar-refractivity contribution in [3.63, 3.8) is 0 Å². The first-order valence-electron chi connectivity index (χ1n) is 8.95. The van der Waals surface area contributed by atoms with Gasteiger partial charge in [0.1, 0.15) is 16.7 Å². The van der Waals surface area contributed by atoms with Crippen LogP contribution in [0.25, 0.3) is 0 Å². The average Bonchev–Trinajstić information content (AvgIpc) is 2.91. The topological polar surface area (TPSA) is 64.6 Å². The van der Waals surface area contributed by atoms with Gasteiger partial charge in [-0.1, -0.05) is 6.92 Å². The lowest BCUT2D eigenvalue weighted by Gasteiger charge is -2.32. The molecule has 1 unspecified atom stereocenters. The number of ketones is 1. The van der Waals surface area contributed by atoms with Crippen molar-refractivity contribution >= 4 is 11.8 Å². The van der Waals surface area contributed by atoms with Crippen LogP contribution in [0.3, 0.4) is 0 Å². The Hall–Kier alpha value is -0.940. The van der Waals surface area contributed by atoms with Crippen molar-refractivity contribution in [2.75, 3.05) is 7.11 Å². The molecule has 1 N–H and O–H groups in total. The molecule has 3 atom stereocenters. The molecule has 1 aliphatic rings. The van der Waals surface area contributed by atoms with E-state index in [-0.39, 0.29) is 23.7 Å². The normalized spacial score (nSPS) is 24.5. The molecule has 0 saturated heterocycles. The standard InChI is InChI=1S/C19H35NO4/c1-9-19(7,23-8)15(21)13-10-11-14(12-13)20-18(5,6)16(22)24-17(2,3)4/h13-14,20H,9-12H2,1-8H3/t13-,14-,19?/m0/s1. The van der Waals surface area contributed by atoms with Crippen LogP contribution in [0.1, 0.15) is 74.1 Å². The third kappa shape index (κ3) is 5.28. The summed E-state index contributed by atoms with van der Waals surface area (Å²) in [7, 11) is 1.59. The summed E-state index contributed by atoms with van der Waals surface area (Å²) in [4.78, 5) is 25.1. The van der Waals surface area contributed by atoms with Crippen molar-refractivity contribution in [2.24, 2.45) is 5.92 Å². The second kappa shape index (κ2) is 7.52.